The number of ketones is 1. The third-order valence-electron chi connectivity index (χ3n) is 7.22. The summed E-state index contributed by atoms with van der Waals surface area (Å²) in [5, 5.41) is 17.8. The molecule has 4 rings (SSSR count). The molecule has 208 valence electrons. The predicted molar refractivity (Wildman–Crippen MR) is 156 cm³/mol. The molecule has 0 spiro atoms. The molecule has 9 heteroatoms. The molecule has 2 heterocycles. The Kier molecular flexibility index (Phi) is 11.4. The van der Waals surface area contributed by atoms with Crippen molar-refractivity contribution in [1.82, 2.24) is 16.0 Å². The molecule has 2 aliphatic rings. The van der Waals surface area contributed by atoms with Crippen molar-refractivity contribution in [1.29, 1.82) is 0 Å². The second-order valence-corrected chi connectivity index (χ2v) is 11.5. The smallest absolute Gasteiger partial charge is 0.315 e. The van der Waals surface area contributed by atoms with Crippen LogP contribution in [0.4, 0.5) is 16.2 Å². The molecule has 2 aromatic carbocycles. The molecule has 0 aromatic heterocycles. The molecule has 3 amide bonds. The van der Waals surface area contributed by atoms with Gasteiger partial charge in [-0.25, -0.2) is 4.79 Å². The highest BCUT2D eigenvalue weighted by Crippen LogP contribution is 2.33. The van der Waals surface area contributed by atoms with Crippen molar-refractivity contribution in [3.8, 4) is 0 Å². The van der Waals surface area contributed by atoms with Crippen molar-refractivity contribution in [2.24, 2.45) is 10.2 Å². The lowest BCUT2D eigenvalue weighted by Gasteiger charge is -2.16. The van der Waals surface area contributed by atoms with E-state index in [2.05, 4.69) is 26.2 Å². The van der Waals surface area contributed by atoms with Crippen molar-refractivity contribution in [3.63, 3.8) is 0 Å². The maximum atomic E-state index is 12.4. The number of Topliss-reactive ketones (excluding diaryl/α,β-unsaturated/α-hetero) is 1. The van der Waals surface area contributed by atoms with Crippen molar-refractivity contribution < 1.29 is 14.4 Å². The number of azo groups is 1. The van der Waals surface area contributed by atoms with E-state index in [0.717, 1.165) is 62.8 Å². The molecule has 0 aliphatic carbocycles. The third kappa shape index (κ3) is 9.49. The van der Waals surface area contributed by atoms with Gasteiger partial charge in [-0.05, 0) is 62.1 Å². The molecule has 0 bridgehead atoms. The lowest BCUT2D eigenvalue weighted by Crippen LogP contribution is -2.36. The van der Waals surface area contributed by atoms with Gasteiger partial charge in [0, 0.05) is 36.0 Å². The predicted octanol–water partition coefficient (Wildman–Crippen LogP) is 6.47. The zero-order valence-electron chi connectivity index (χ0n) is 22.4. The Bertz CT molecular complexity index is 1110. The molecule has 2 aliphatic heterocycles. The highest BCUT2D eigenvalue weighted by molar-refractivity contribution is 8.00. The summed E-state index contributed by atoms with van der Waals surface area (Å²) in [6.07, 6.45) is 9.41. The Morgan fingerprint density at radius 1 is 0.821 bits per heavy atom. The summed E-state index contributed by atoms with van der Waals surface area (Å²) in [6.45, 7) is 0.647. The number of fused-ring (bicyclic) bond motifs is 1. The lowest BCUT2D eigenvalue weighted by molar-refractivity contribution is -0.119. The van der Waals surface area contributed by atoms with E-state index >= 15 is 0 Å². The zero-order valence-corrected chi connectivity index (χ0v) is 23.3. The normalized spacial score (nSPS) is 20.0. The number of hydrogen-bond donors (Lipinski definition) is 3. The van der Waals surface area contributed by atoms with Crippen LogP contribution in [0.1, 0.15) is 74.6 Å². The third-order valence-corrected chi connectivity index (χ3v) is 8.73. The molecule has 2 aromatic rings. The summed E-state index contributed by atoms with van der Waals surface area (Å²) in [7, 11) is 0. The standard InChI is InChI=1S/C30H39N5O3S/c36-25(14-8-9-15-27-28-26(21-39-27)32-30(38)33-28)13-7-2-1-3-10-20-31-29(37)22-16-18-24(19-17-22)35-34-23-11-5-4-6-12-23/h4-6,11-12,16-19,26-28H,1-3,7-10,13-15,20-21H2,(H,31,37)(H2,32,33,38)/t26-,27?,28-/m1/s1. The van der Waals surface area contributed by atoms with Gasteiger partial charge >= 0.3 is 6.03 Å². The number of hydrogen-bond acceptors (Lipinski definition) is 6. The molecule has 2 saturated heterocycles. The molecule has 0 saturated carbocycles. The summed E-state index contributed by atoms with van der Waals surface area (Å²) in [5.74, 6) is 1.27. The maximum absolute atomic E-state index is 12.4. The minimum Gasteiger partial charge on any atom is -0.352 e. The fourth-order valence-corrected chi connectivity index (χ4v) is 6.55. The van der Waals surface area contributed by atoms with Gasteiger partial charge in [0.25, 0.3) is 5.91 Å². The first-order valence-corrected chi connectivity index (χ1v) is 15.2. The van der Waals surface area contributed by atoms with Crippen LogP contribution in [0.5, 0.6) is 0 Å². The molecule has 3 atom stereocenters. The van der Waals surface area contributed by atoms with Crippen LogP contribution in [-0.2, 0) is 4.79 Å². The Labute approximate surface area is 235 Å². The quantitative estimate of drug-likeness (QED) is 0.127. The Morgan fingerprint density at radius 3 is 2.26 bits per heavy atom. The first-order chi connectivity index (χ1) is 19.1. The number of urea groups is 1. The Hall–Kier alpha value is -3.20. The number of carbonyl (C=O) groups excluding carboxylic acids is 3. The number of rotatable bonds is 16. The van der Waals surface area contributed by atoms with E-state index in [0.29, 0.717) is 41.7 Å². The summed E-state index contributed by atoms with van der Waals surface area (Å²) < 4.78 is 0. The SMILES string of the molecule is O=C(CCCCCCCNC(=O)c1ccc(N=Nc2ccccc2)cc1)CCCCC1SC[C@H]2NC(=O)N[C@@H]12. The topological polar surface area (TPSA) is 112 Å². The summed E-state index contributed by atoms with van der Waals surface area (Å²) in [5.41, 5.74) is 2.10. The van der Waals surface area contributed by atoms with Gasteiger partial charge in [-0.1, -0.05) is 43.9 Å². The van der Waals surface area contributed by atoms with Crippen LogP contribution in [0.15, 0.2) is 64.8 Å². The number of nitrogens with zero attached hydrogens (tertiary/aromatic N) is 2. The number of thioether (sulfide) groups is 1. The van der Waals surface area contributed by atoms with Crippen molar-refractivity contribution in [3.05, 3.63) is 60.2 Å². The zero-order chi connectivity index (χ0) is 27.3. The van der Waals surface area contributed by atoms with Gasteiger partial charge in [-0.3, -0.25) is 9.59 Å². The van der Waals surface area contributed by atoms with E-state index in [1.165, 1.54) is 0 Å². The van der Waals surface area contributed by atoms with Crippen molar-refractivity contribution >= 4 is 40.9 Å². The number of unbranched alkanes of at least 4 members (excludes halogenated alkanes) is 5. The second-order valence-electron chi connectivity index (χ2n) is 10.3. The first-order valence-electron chi connectivity index (χ1n) is 14.1. The lowest BCUT2D eigenvalue weighted by atomic mass is 10.0. The Balaban J connectivity index is 0.975. The molecule has 1 unspecified atom stereocenters. The molecule has 8 nitrogen and oxygen atoms in total. The van der Waals surface area contributed by atoms with Crippen molar-refractivity contribution in [2.75, 3.05) is 12.3 Å². The van der Waals surface area contributed by atoms with Gasteiger partial charge in [0.05, 0.1) is 23.5 Å². The van der Waals surface area contributed by atoms with E-state index in [9.17, 15) is 14.4 Å². The van der Waals surface area contributed by atoms with Crippen LogP contribution in [0, 0.1) is 0 Å². The van der Waals surface area contributed by atoms with Gasteiger partial charge in [-0.2, -0.15) is 22.0 Å². The molecule has 3 N–H and O–H groups in total. The second kappa shape index (κ2) is 15.4. The van der Waals surface area contributed by atoms with Crippen LogP contribution < -0.4 is 16.0 Å². The largest absolute Gasteiger partial charge is 0.352 e. The van der Waals surface area contributed by atoms with Gasteiger partial charge in [0.15, 0.2) is 0 Å². The number of benzene rings is 2. The molecule has 2 fully saturated rings. The molecular weight excluding hydrogens is 510 g/mol. The average molecular weight is 550 g/mol. The number of carbonyl (C=O) groups is 3. The van der Waals surface area contributed by atoms with Crippen LogP contribution in [-0.4, -0.2) is 47.4 Å². The average Bonchev–Trinajstić information content (AvgIpc) is 3.51. The van der Waals surface area contributed by atoms with Crippen LogP contribution in [0.2, 0.25) is 0 Å². The first kappa shape index (κ1) is 28.8. The van der Waals surface area contributed by atoms with Crippen LogP contribution >= 0.6 is 11.8 Å². The van der Waals surface area contributed by atoms with E-state index < -0.39 is 0 Å². The minimum atomic E-state index is -0.0804. The molecule has 0 radical (unpaired) electrons. The summed E-state index contributed by atoms with van der Waals surface area (Å²) in [4.78, 5) is 36.0. The molecule has 39 heavy (non-hydrogen) atoms. The monoisotopic (exact) mass is 549 g/mol. The van der Waals surface area contributed by atoms with E-state index in [1.54, 1.807) is 24.3 Å². The minimum absolute atomic E-state index is 0.0413. The van der Waals surface area contributed by atoms with Gasteiger partial charge < -0.3 is 16.0 Å². The van der Waals surface area contributed by atoms with Crippen LogP contribution in [0.3, 0.4) is 0 Å². The van der Waals surface area contributed by atoms with Crippen molar-refractivity contribution in [2.45, 2.75) is 81.5 Å². The summed E-state index contributed by atoms with van der Waals surface area (Å²) >= 11 is 1.93. The highest BCUT2D eigenvalue weighted by atomic mass is 32.2. The molecular formula is C30H39N5O3S. The number of amides is 3. The van der Waals surface area contributed by atoms with E-state index in [-0.39, 0.29) is 24.0 Å². The summed E-state index contributed by atoms with van der Waals surface area (Å²) in [6, 6.07) is 17.1. The van der Waals surface area contributed by atoms with E-state index in [1.807, 2.05) is 42.1 Å². The maximum Gasteiger partial charge on any atom is 0.315 e. The van der Waals surface area contributed by atoms with E-state index in [4.69, 9.17) is 0 Å². The Morgan fingerprint density at radius 2 is 1.49 bits per heavy atom. The highest BCUT2D eigenvalue weighted by Gasteiger charge is 2.42. The van der Waals surface area contributed by atoms with Gasteiger partial charge in [0.1, 0.15) is 5.78 Å². The number of nitrogens with one attached hydrogen (secondary N) is 3. The fourth-order valence-electron chi connectivity index (χ4n) is 5.01. The van der Waals surface area contributed by atoms with Crippen LogP contribution in [0.25, 0.3) is 0 Å². The fraction of sp³-hybridized carbons (Fsp3) is 0.500. The van der Waals surface area contributed by atoms with Gasteiger partial charge in [-0.15, -0.1) is 0 Å². The van der Waals surface area contributed by atoms with Gasteiger partial charge in [0.2, 0.25) is 0 Å².